The van der Waals surface area contributed by atoms with E-state index in [-0.39, 0.29) is 6.54 Å². The third-order valence-corrected chi connectivity index (χ3v) is 3.23. The predicted octanol–water partition coefficient (Wildman–Crippen LogP) is 2.80. The lowest BCUT2D eigenvalue weighted by molar-refractivity contribution is -0.141. The molecule has 4 nitrogen and oxygen atoms in total. The fraction of sp³-hybridized carbons (Fsp3) is 0.462. The van der Waals surface area contributed by atoms with Gasteiger partial charge in [-0.15, -0.1) is 0 Å². The Bertz CT molecular complexity index is 584. The van der Waals surface area contributed by atoms with Crippen LogP contribution in [0, 0.1) is 0 Å². The summed E-state index contributed by atoms with van der Waals surface area (Å²) >= 11 is 0. The van der Waals surface area contributed by atoms with E-state index in [0.717, 1.165) is 17.4 Å². The van der Waals surface area contributed by atoms with Gasteiger partial charge in [-0.25, -0.2) is 0 Å². The first kappa shape index (κ1) is 13.2. The van der Waals surface area contributed by atoms with Crippen molar-refractivity contribution in [3.63, 3.8) is 0 Å². The SMILES string of the molecule is FC(F)(F)c1ccn(Cc2ccoc2CNC2CC2)n1. The van der Waals surface area contributed by atoms with Gasteiger partial charge in [0.2, 0.25) is 0 Å². The van der Waals surface area contributed by atoms with Crippen LogP contribution in [0.1, 0.15) is 29.9 Å². The number of aromatic nitrogens is 2. The fourth-order valence-corrected chi connectivity index (χ4v) is 1.96. The van der Waals surface area contributed by atoms with Gasteiger partial charge >= 0.3 is 6.18 Å². The molecule has 0 amide bonds. The van der Waals surface area contributed by atoms with Crippen molar-refractivity contribution in [3.05, 3.63) is 41.6 Å². The van der Waals surface area contributed by atoms with Crippen LogP contribution in [0.2, 0.25) is 0 Å². The minimum atomic E-state index is -4.40. The summed E-state index contributed by atoms with van der Waals surface area (Å²) in [7, 11) is 0. The Morgan fingerprint density at radius 2 is 2.15 bits per heavy atom. The Balaban J connectivity index is 1.67. The summed E-state index contributed by atoms with van der Waals surface area (Å²) in [5.74, 6) is 0.751. The zero-order valence-electron chi connectivity index (χ0n) is 10.7. The highest BCUT2D eigenvalue weighted by molar-refractivity contribution is 5.18. The summed E-state index contributed by atoms with van der Waals surface area (Å²) in [4.78, 5) is 0. The van der Waals surface area contributed by atoms with E-state index in [1.165, 1.54) is 23.7 Å². The van der Waals surface area contributed by atoms with E-state index >= 15 is 0 Å². The van der Waals surface area contributed by atoms with Gasteiger partial charge in [0, 0.05) is 17.8 Å². The Morgan fingerprint density at radius 1 is 1.35 bits per heavy atom. The van der Waals surface area contributed by atoms with Crippen LogP contribution in [0.4, 0.5) is 13.2 Å². The van der Waals surface area contributed by atoms with Gasteiger partial charge in [-0.3, -0.25) is 4.68 Å². The molecule has 0 aliphatic heterocycles. The maximum Gasteiger partial charge on any atom is 0.435 e. The number of hydrogen-bond donors (Lipinski definition) is 1. The molecule has 20 heavy (non-hydrogen) atoms. The summed E-state index contributed by atoms with van der Waals surface area (Å²) in [5, 5.41) is 6.85. The number of nitrogens with zero attached hydrogens (tertiary/aromatic N) is 2. The zero-order chi connectivity index (χ0) is 14.2. The van der Waals surface area contributed by atoms with E-state index in [2.05, 4.69) is 10.4 Å². The molecule has 0 aromatic carbocycles. The zero-order valence-corrected chi connectivity index (χ0v) is 10.7. The molecule has 1 fully saturated rings. The van der Waals surface area contributed by atoms with Gasteiger partial charge in [0.15, 0.2) is 5.69 Å². The lowest BCUT2D eigenvalue weighted by Gasteiger charge is -2.05. The fourth-order valence-electron chi connectivity index (χ4n) is 1.96. The Morgan fingerprint density at radius 3 is 2.80 bits per heavy atom. The minimum absolute atomic E-state index is 0.272. The highest BCUT2D eigenvalue weighted by Gasteiger charge is 2.33. The van der Waals surface area contributed by atoms with Crippen molar-refractivity contribution in [1.29, 1.82) is 0 Å². The summed E-state index contributed by atoms with van der Waals surface area (Å²) in [5.41, 5.74) is -0.0337. The van der Waals surface area contributed by atoms with Crippen LogP contribution in [0.5, 0.6) is 0 Å². The third kappa shape index (κ3) is 3.04. The molecule has 1 saturated carbocycles. The second-order valence-corrected chi connectivity index (χ2v) is 4.92. The molecule has 0 radical (unpaired) electrons. The molecule has 108 valence electrons. The molecule has 1 N–H and O–H groups in total. The van der Waals surface area contributed by atoms with Crippen molar-refractivity contribution in [3.8, 4) is 0 Å². The molecule has 0 atom stereocenters. The number of halogens is 3. The van der Waals surface area contributed by atoms with E-state index in [1.807, 2.05) is 0 Å². The van der Waals surface area contributed by atoms with Crippen molar-refractivity contribution >= 4 is 0 Å². The van der Waals surface area contributed by atoms with Crippen LogP contribution < -0.4 is 5.32 Å². The van der Waals surface area contributed by atoms with E-state index in [0.29, 0.717) is 12.6 Å². The van der Waals surface area contributed by atoms with Gasteiger partial charge in [-0.1, -0.05) is 0 Å². The third-order valence-electron chi connectivity index (χ3n) is 3.23. The molecule has 2 aromatic heterocycles. The molecular formula is C13H14F3N3O. The quantitative estimate of drug-likeness (QED) is 0.918. The van der Waals surface area contributed by atoms with Crippen molar-refractivity contribution in [2.45, 2.75) is 38.1 Å². The molecule has 7 heteroatoms. The Kier molecular flexibility index (Phi) is 3.29. The monoisotopic (exact) mass is 285 g/mol. The summed E-state index contributed by atoms with van der Waals surface area (Å²) < 4.78 is 44.0. The van der Waals surface area contributed by atoms with Crippen molar-refractivity contribution in [2.24, 2.45) is 0 Å². The smallest absolute Gasteiger partial charge is 0.435 e. The molecule has 0 unspecified atom stereocenters. The lowest BCUT2D eigenvalue weighted by atomic mass is 10.2. The molecule has 3 rings (SSSR count). The average molecular weight is 285 g/mol. The number of rotatable bonds is 5. The molecular weight excluding hydrogens is 271 g/mol. The second-order valence-electron chi connectivity index (χ2n) is 4.92. The predicted molar refractivity (Wildman–Crippen MR) is 64.9 cm³/mol. The first-order valence-electron chi connectivity index (χ1n) is 6.41. The van der Waals surface area contributed by atoms with Crippen molar-refractivity contribution in [1.82, 2.24) is 15.1 Å². The molecule has 0 spiro atoms. The molecule has 2 heterocycles. The van der Waals surface area contributed by atoms with Crippen molar-refractivity contribution in [2.75, 3.05) is 0 Å². The van der Waals surface area contributed by atoms with Gasteiger partial charge in [-0.05, 0) is 25.0 Å². The lowest BCUT2D eigenvalue weighted by Crippen LogP contribution is -2.16. The summed E-state index contributed by atoms with van der Waals surface area (Å²) in [6, 6.07) is 3.29. The van der Waals surface area contributed by atoms with Gasteiger partial charge < -0.3 is 9.73 Å². The highest BCUT2D eigenvalue weighted by atomic mass is 19.4. The van der Waals surface area contributed by atoms with Gasteiger partial charge in [0.1, 0.15) is 5.76 Å². The van der Waals surface area contributed by atoms with Crippen molar-refractivity contribution < 1.29 is 17.6 Å². The Hall–Kier alpha value is -1.76. The Labute approximate surface area is 113 Å². The minimum Gasteiger partial charge on any atom is -0.468 e. The van der Waals surface area contributed by atoms with Gasteiger partial charge in [-0.2, -0.15) is 18.3 Å². The second kappa shape index (κ2) is 4.97. The summed E-state index contributed by atoms with van der Waals surface area (Å²) in [6.45, 7) is 0.870. The van der Waals surface area contributed by atoms with Gasteiger partial charge in [0.05, 0.1) is 19.4 Å². The molecule has 0 bridgehead atoms. The molecule has 0 saturated heterocycles. The van der Waals surface area contributed by atoms with Gasteiger partial charge in [0.25, 0.3) is 0 Å². The standard InChI is InChI=1S/C13H14F3N3O/c14-13(15,16)12-3-5-19(18-12)8-9-4-6-20-11(9)7-17-10-1-2-10/h3-6,10,17H,1-2,7-8H2. The van der Waals surface area contributed by atoms with Crippen LogP contribution in [0.15, 0.2) is 29.0 Å². The van der Waals surface area contributed by atoms with E-state index in [1.54, 1.807) is 12.3 Å². The van der Waals surface area contributed by atoms with Crippen LogP contribution in [-0.4, -0.2) is 15.8 Å². The van der Waals surface area contributed by atoms with Crippen LogP contribution in [0.3, 0.4) is 0 Å². The van der Waals surface area contributed by atoms with Crippen LogP contribution in [-0.2, 0) is 19.3 Å². The largest absolute Gasteiger partial charge is 0.468 e. The average Bonchev–Trinajstić information content (AvgIpc) is 2.90. The van der Waals surface area contributed by atoms with E-state index < -0.39 is 11.9 Å². The van der Waals surface area contributed by atoms with Crippen LogP contribution in [0.25, 0.3) is 0 Å². The topological polar surface area (TPSA) is 43.0 Å². The highest BCUT2D eigenvalue weighted by Crippen LogP contribution is 2.27. The molecule has 2 aromatic rings. The normalized spacial score (nSPS) is 15.8. The first-order valence-corrected chi connectivity index (χ1v) is 6.41. The number of nitrogens with one attached hydrogen (secondary N) is 1. The number of furan rings is 1. The maximum atomic E-state index is 12.5. The molecule has 1 aliphatic carbocycles. The number of hydrogen-bond acceptors (Lipinski definition) is 3. The summed E-state index contributed by atoms with van der Waals surface area (Å²) in [6.07, 6.45) is 0.813. The van der Waals surface area contributed by atoms with Crippen LogP contribution >= 0.6 is 0 Å². The van der Waals surface area contributed by atoms with E-state index in [9.17, 15) is 13.2 Å². The first-order chi connectivity index (χ1) is 9.52. The maximum absolute atomic E-state index is 12.5. The van der Waals surface area contributed by atoms with E-state index in [4.69, 9.17) is 4.42 Å². The molecule has 1 aliphatic rings. The number of alkyl halides is 3.